The minimum Gasteiger partial charge on any atom is -0.478 e. The highest BCUT2D eigenvalue weighted by atomic mass is 35.5. The van der Waals surface area contributed by atoms with E-state index in [0.29, 0.717) is 11.3 Å². The lowest BCUT2D eigenvalue weighted by Gasteiger charge is -2.11. The molecule has 142 valence electrons. The van der Waals surface area contributed by atoms with Crippen molar-refractivity contribution < 1.29 is 24.3 Å². The SMILES string of the molecule is O=C1NC(=O)C(=Cc2cccc(NC(=O)c3c(Cl)ccc(Cl)c3C(=O)O)c2)S1. The summed E-state index contributed by atoms with van der Waals surface area (Å²) in [6, 6.07) is 9.06. The third-order valence-electron chi connectivity index (χ3n) is 3.63. The van der Waals surface area contributed by atoms with Crippen molar-refractivity contribution in [3.63, 3.8) is 0 Å². The van der Waals surface area contributed by atoms with Gasteiger partial charge in [-0.1, -0.05) is 35.3 Å². The van der Waals surface area contributed by atoms with Crippen molar-refractivity contribution in [2.45, 2.75) is 0 Å². The molecule has 3 rings (SSSR count). The lowest BCUT2D eigenvalue weighted by atomic mass is 10.1. The Labute approximate surface area is 172 Å². The van der Waals surface area contributed by atoms with Gasteiger partial charge in [-0.2, -0.15) is 0 Å². The maximum absolute atomic E-state index is 12.6. The lowest BCUT2D eigenvalue weighted by molar-refractivity contribution is -0.115. The van der Waals surface area contributed by atoms with E-state index in [-0.39, 0.29) is 20.5 Å². The molecule has 0 atom stereocenters. The summed E-state index contributed by atoms with van der Waals surface area (Å²) in [5, 5.41) is 13.4. The Balaban J connectivity index is 1.90. The smallest absolute Gasteiger partial charge is 0.338 e. The molecule has 0 aliphatic carbocycles. The molecule has 3 N–H and O–H groups in total. The van der Waals surface area contributed by atoms with Crippen LogP contribution in [0, 0.1) is 0 Å². The molecule has 28 heavy (non-hydrogen) atoms. The second-order valence-corrected chi connectivity index (χ2v) is 7.35. The quantitative estimate of drug-likeness (QED) is 0.616. The first-order chi connectivity index (χ1) is 13.3. The van der Waals surface area contributed by atoms with Crippen LogP contribution in [0.4, 0.5) is 10.5 Å². The van der Waals surface area contributed by atoms with Gasteiger partial charge in [-0.05, 0) is 47.7 Å². The number of carbonyl (C=O) groups excluding carboxylic acids is 3. The number of hydrogen-bond donors (Lipinski definition) is 3. The van der Waals surface area contributed by atoms with Crippen molar-refractivity contribution in [2.24, 2.45) is 0 Å². The van der Waals surface area contributed by atoms with E-state index in [1.165, 1.54) is 18.2 Å². The number of amides is 3. The molecular formula is C18H10Cl2N2O5S. The number of halogens is 2. The van der Waals surface area contributed by atoms with Gasteiger partial charge in [0.25, 0.3) is 17.1 Å². The van der Waals surface area contributed by atoms with Gasteiger partial charge in [0, 0.05) is 5.69 Å². The van der Waals surface area contributed by atoms with Crippen molar-refractivity contribution in [1.82, 2.24) is 5.32 Å². The number of thioether (sulfide) groups is 1. The normalized spacial score (nSPS) is 14.9. The summed E-state index contributed by atoms with van der Waals surface area (Å²) < 4.78 is 0. The topological polar surface area (TPSA) is 113 Å². The van der Waals surface area contributed by atoms with E-state index in [1.807, 2.05) is 0 Å². The van der Waals surface area contributed by atoms with Crippen LogP contribution in [0.2, 0.25) is 10.0 Å². The predicted octanol–water partition coefficient (Wildman–Crippen LogP) is 4.27. The summed E-state index contributed by atoms with van der Waals surface area (Å²) in [4.78, 5) is 47.2. The van der Waals surface area contributed by atoms with Crippen LogP contribution >= 0.6 is 35.0 Å². The summed E-state index contributed by atoms with van der Waals surface area (Å²) in [6.45, 7) is 0. The Hall–Kier alpha value is -2.81. The fourth-order valence-electron chi connectivity index (χ4n) is 2.46. The molecule has 7 nitrogen and oxygen atoms in total. The first-order valence-electron chi connectivity index (χ1n) is 7.64. The number of nitrogens with one attached hydrogen (secondary N) is 2. The first kappa shape index (κ1) is 19.9. The molecule has 0 aromatic heterocycles. The van der Waals surface area contributed by atoms with Crippen LogP contribution in [0.3, 0.4) is 0 Å². The third kappa shape index (κ3) is 4.19. The monoisotopic (exact) mass is 436 g/mol. The number of hydrogen-bond acceptors (Lipinski definition) is 5. The molecule has 1 aliphatic rings. The van der Waals surface area contributed by atoms with E-state index < -0.39 is 28.6 Å². The highest BCUT2D eigenvalue weighted by Gasteiger charge is 2.25. The minimum absolute atomic E-state index is 0.0601. The maximum Gasteiger partial charge on any atom is 0.338 e. The lowest BCUT2D eigenvalue weighted by Crippen LogP contribution is -2.18. The third-order valence-corrected chi connectivity index (χ3v) is 5.07. The zero-order chi connectivity index (χ0) is 20.4. The Morgan fingerprint density at radius 1 is 1.07 bits per heavy atom. The van der Waals surface area contributed by atoms with Gasteiger partial charge in [0.1, 0.15) is 0 Å². The number of carboxylic acids is 1. The molecule has 0 radical (unpaired) electrons. The minimum atomic E-state index is -1.38. The van der Waals surface area contributed by atoms with Gasteiger partial charge in [0.15, 0.2) is 0 Å². The zero-order valence-electron chi connectivity index (χ0n) is 13.8. The van der Waals surface area contributed by atoms with E-state index in [1.54, 1.807) is 24.3 Å². The van der Waals surface area contributed by atoms with Crippen molar-refractivity contribution in [1.29, 1.82) is 0 Å². The molecule has 3 amide bonds. The average molecular weight is 437 g/mol. The number of aromatic carboxylic acids is 1. The van der Waals surface area contributed by atoms with Crippen LogP contribution in [0.15, 0.2) is 41.3 Å². The molecule has 2 aromatic rings. The Bertz CT molecular complexity index is 1070. The molecule has 1 fully saturated rings. The largest absolute Gasteiger partial charge is 0.478 e. The summed E-state index contributed by atoms with van der Waals surface area (Å²) in [5.74, 6) is -2.64. The molecule has 0 bridgehead atoms. The van der Waals surface area contributed by atoms with Crippen LogP contribution < -0.4 is 10.6 Å². The molecule has 0 saturated carbocycles. The van der Waals surface area contributed by atoms with Gasteiger partial charge in [-0.3, -0.25) is 19.7 Å². The van der Waals surface area contributed by atoms with E-state index in [0.717, 1.165) is 11.8 Å². The number of rotatable bonds is 4. The standard InChI is InChI=1S/C18H10Cl2N2O5S/c19-10-4-5-11(20)14(17(25)26)13(10)16(24)21-9-3-1-2-8(6-9)7-12-15(23)22-18(27)28-12/h1-7H,(H,21,24)(H,25,26)(H,22,23,27). The van der Waals surface area contributed by atoms with Gasteiger partial charge >= 0.3 is 5.97 Å². The molecule has 1 heterocycles. The van der Waals surface area contributed by atoms with E-state index in [2.05, 4.69) is 10.6 Å². The zero-order valence-corrected chi connectivity index (χ0v) is 16.1. The van der Waals surface area contributed by atoms with E-state index >= 15 is 0 Å². The molecule has 1 aliphatic heterocycles. The van der Waals surface area contributed by atoms with Crippen LogP contribution in [0.25, 0.3) is 6.08 Å². The summed E-state index contributed by atoms with van der Waals surface area (Å²) in [6.07, 6.45) is 1.50. The Morgan fingerprint density at radius 3 is 2.36 bits per heavy atom. The second kappa shape index (κ2) is 8.05. The predicted molar refractivity (Wildman–Crippen MR) is 107 cm³/mol. The average Bonchev–Trinajstić information content (AvgIpc) is 2.93. The fraction of sp³-hybridized carbons (Fsp3) is 0. The van der Waals surface area contributed by atoms with E-state index in [4.69, 9.17) is 23.2 Å². The second-order valence-electron chi connectivity index (χ2n) is 5.52. The summed E-state index contributed by atoms with van der Waals surface area (Å²) >= 11 is 12.7. The number of benzene rings is 2. The molecule has 10 heteroatoms. The number of imide groups is 1. The number of carboxylic acid groups (broad SMARTS) is 1. The number of carbonyl (C=O) groups is 4. The molecule has 0 spiro atoms. The van der Waals surface area contributed by atoms with Crippen LogP contribution in [-0.4, -0.2) is 28.1 Å². The maximum atomic E-state index is 12.6. The highest BCUT2D eigenvalue weighted by molar-refractivity contribution is 8.18. The summed E-state index contributed by atoms with van der Waals surface area (Å²) in [7, 11) is 0. The number of anilines is 1. The van der Waals surface area contributed by atoms with Gasteiger partial charge in [0.2, 0.25) is 0 Å². The van der Waals surface area contributed by atoms with Crippen molar-refractivity contribution in [3.8, 4) is 0 Å². The molecule has 1 saturated heterocycles. The summed E-state index contributed by atoms with van der Waals surface area (Å²) in [5.41, 5.74) is 0.228. The Morgan fingerprint density at radius 2 is 1.75 bits per heavy atom. The van der Waals surface area contributed by atoms with E-state index in [9.17, 15) is 24.3 Å². The molecular weight excluding hydrogens is 427 g/mol. The van der Waals surface area contributed by atoms with Crippen LogP contribution in [0.1, 0.15) is 26.3 Å². The van der Waals surface area contributed by atoms with Crippen molar-refractivity contribution in [3.05, 3.63) is 68.0 Å². The van der Waals surface area contributed by atoms with Gasteiger partial charge < -0.3 is 10.4 Å². The van der Waals surface area contributed by atoms with Crippen LogP contribution in [-0.2, 0) is 4.79 Å². The van der Waals surface area contributed by atoms with Gasteiger partial charge in [-0.25, -0.2) is 4.79 Å². The first-order valence-corrected chi connectivity index (χ1v) is 9.21. The molecule has 2 aromatic carbocycles. The van der Waals surface area contributed by atoms with Crippen molar-refractivity contribution in [2.75, 3.05) is 5.32 Å². The Kier molecular flexibility index (Phi) is 5.73. The van der Waals surface area contributed by atoms with Crippen molar-refractivity contribution >= 4 is 69.8 Å². The molecule has 0 unspecified atom stereocenters. The van der Waals surface area contributed by atoms with Gasteiger partial charge in [0.05, 0.1) is 26.1 Å². The van der Waals surface area contributed by atoms with Gasteiger partial charge in [-0.15, -0.1) is 0 Å². The van der Waals surface area contributed by atoms with Crippen LogP contribution in [0.5, 0.6) is 0 Å². The fourth-order valence-corrected chi connectivity index (χ4v) is 3.62. The highest BCUT2D eigenvalue weighted by Crippen LogP contribution is 2.29.